The minimum atomic E-state index is -4.55. The van der Waals surface area contributed by atoms with Crippen LogP contribution in [-0.2, 0) is 12.6 Å². The zero-order chi connectivity index (χ0) is 27.3. The second-order valence-electron chi connectivity index (χ2n) is 10.0. The van der Waals surface area contributed by atoms with E-state index in [0.717, 1.165) is 50.2 Å². The summed E-state index contributed by atoms with van der Waals surface area (Å²) in [7, 11) is 0. The summed E-state index contributed by atoms with van der Waals surface area (Å²) >= 11 is 0. The van der Waals surface area contributed by atoms with Gasteiger partial charge in [0.25, 0.3) is 11.8 Å². The van der Waals surface area contributed by atoms with Gasteiger partial charge in [-0.05, 0) is 81.0 Å². The molecule has 200 valence electrons. The Balaban J connectivity index is 1.51. The van der Waals surface area contributed by atoms with E-state index in [9.17, 15) is 22.8 Å². The van der Waals surface area contributed by atoms with E-state index >= 15 is 0 Å². The molecular weight excluding hydrogens is 491 g/mol. The quantitative estimate of drug-likeness (QED) is 0.369. The van der Waals surface area contributed by atoms with E-state index in [2.05, 4.69) is 39.8 Å². The second-order valence-corrected chi connectivity index (χ2v) is 10.0. The molecule has 0 aromatic heterocycles. The van der Waals surface area contributed by atoms with Gasteiger partial charge in [-0.1, -0.05) is 36.4 Å². The maximum atomic E-state index is 13.1. The van der Waals surface area contributed by atoms with Crippen molar-refractivity contribution in [3.8, 4) is 0 Å². The maximum Gasteiger partial charge on any atom is 0.416 e. The Kier molecular flexibility index (Phi) is 8.39. The molecule has 2 amide bonds. The lowest BCUT2D eigenvalue weighted by Gasteiger charge is -2.35. The summed E-state index contributed by atoms with van der Waals surface area (Å²) in [5, 5.41) is 5.56. The number of halogens is 3. The molecule has 8 heteroatoms. The van der Waals surface area contributed by atoms with Gasteiger partial charge in [-0.3, -0.25) is 9.59 Å². The number of hydrogen-bond donors (Lipinski definition) is 2. The van der Waals surface area contributed by atoms with Crippen LogP contribution >= 0.6 is 0 Å². The van der Waals surface area contributed by atoms with Gasteiger partial charge in [-0.25, -0.2) is 0 Å². The van der Waals surface area contributed by atoms with Gasteiger partial charge in [0, 0.05) is 36.1 Å². The molecule has 0 bridgehead atoms. The molecular formula is C30H32F3N3O2. The maximum absolute atomic E-state index is 13.1. The van der Waals surface area contributed by atoms with Crippen molar-refractivity contribution in [3.63, 3.8) is 0 Å². The molecule has 0 atom stereocenters. The van der Waals surface area contributed by atoms with Crippen molar-refractivity contribution in [3.05, 3.63) is 95.1 Å². The lowest BCUT2D eigenvalue weighted by atomic mass is 9.89. The van der Waals surface area contributed by atoms with Crippen LogP contribution in [0, 0.1) is 5.92 Å². The van der Waals surface area contributed by atoms with Crippen molar-refractivity contribution < 1.29 is 22.8 Å². The fourth-order valence-electron chi connectivity index (χ4n) is 4.78. The van der Waals surface area contributed by atoms with Crippen LogP contribution in [0.1, 0.15) is 58.5 Å². The molecule has 1 heterocycles. The van der Waals surface area contributed by atoms with Gasteiger partial charge in [0.1, 0.15) is 0 Å². The van der Waals surface area contributed by atoms with E-state index in [0.29, 0.717) is 17.2 Å². The zero-order valence-electron chi connectivity index (χ0n) is 21.5. The van der Waals surface area contributed by atoms with Gasteiger partial charge in [0.05, 0.1) is 11.1 Å². The number of nitrogens with zero attached hydrogens (tertiary/aromatic N) is 1. The first kappa shape index (κ1) is 27.2. The smallest absolute Gasteiger partial charge is 0.371 e. The average molecular weight is 524 g/mol. The number of amides is 2. The molecule has 3 aromatic carbocycles. The van der Waals surface area contributed by atoms with Crippen LogP contribution in [0.15, 0.2) is 72.8 Å². The van der Waals surface area contributed by atoms with E-state index in [4.69, 9.17) is 0 Å². The van der Waals surface area contributed by atoms with Crippen LogP contribution in [0.2, 0.25) is 0 Å². The van der Waals surface area contributed by atoms with Crippen molar-refractivity contribution in [2.45, 2.75) is 45.3 Å². The molecule has 1 saturated heterocycles. The number of piperidine rings is 1. The molecule has 0 spiro atoms. The number of anilines is 2. The molecule has 3 aromatic rings. The summed E-state index contributed by atoms with van der Waals surface area (Å²) in [6.45, 7) is 5.34. The number of rotatable bonds is 7. The van der Waals surface area contributed by atoms with Crippen molar-refractivity contribution in [1.29, 1.82) is 0 Å². The Morgan fingerprint density at radius 1 is 0.921 bits per heavy atom. The van der Waals surface area contributed by atoms with Gasteiger partial charge >= 0.3 is 6.18 Å². The molecule has 1 aliphatic heterocycles. The molecule has 2 N–H and O–H groups in total. The SMILES string of the molecule is CC(C)NC(=O)c1cc(NC(=O)c2cccc(C(F)(F)F)c2)ccc1N1CCC(Cc2ccccc2)CC1. The number of alkyl halides is 3. The van der Waals surface area contributed by atoms with E-state index in [-0.39, 0.29) is 17.5 Å². The molecule has 4 rings (SSSR count). The van der Waals surface area contributed by atoms with Gasteiger partial charge in [-0.2, -0.15) is 13.2 Å². The number of carbonyl (C=O) groups is 2. The molecule has 38 heavy (non-hydrogen) atoms. The molecule has 0 unspecified atom stereocenters. The first-order chi connectivity index (χ1) is 18.1. The summed E-state index contributed by atoms with van der Waals surface area (Å²) in [6.07, 6.45) is -1.53. The largest absolute Gasteiger partial charge is 0.416 e. The van der Waals surface area contributed by atoms with E-state index < -0.39 is 17.6 Å². The molecule has 0 aliphatic carbocycles. The summed E-state index contributed by atoms with van der Waals surface area (Å²) in [5.41, 5.74) is 1.85. The third-order valence-electron chi connectivity index (χ3n) is 6.69. The Morgan fingerprint density at radius 3 is 2.29 bits per heavy atom. The molecule has 5 nitrogen and oxygen atoms in total. The van der Waals surface area contributed by atoms with E-state index in [1.807, 2.05) is 19.9 Å². The summed E-state index contributed by atoms with van der Waals surface area (Å²) in [6, 6.07) is 19.7. The van der Waals surface area contributed by atoms with Crippen LogP contribution in [0.3, 0.4) is 0 Å². The van der Waals surface area contributed by atoms with Crippen LogP contribution in [0.4, 0.5) is 24.5 Å². The Morgan fingerprint density at radius 2 is 1.63 bits per heavy atom. The number of hydrogen-bond acceptors (Lipinski definition) is 3. The predicted molar refractivity (Wildman–Crippen MR) is 144 cm³/mol. The summed E-state index contributed by atoms with van der Waals surface area (Å²) in [5.74, 6) is -0.384. The Hall–Kier alpha value is -3.81. The van der Waals surface area contributed by atoms with Crippen LogP contribution in [0.5, 0.6) is 0 Å². The molecule has 0 saturated carbocycles. The standard InChI is InChI=1S/C30H32F3N3O2/c1-20(2)34-29(38)26-19-25(35-28(37)23-9-6-10-24(18-23)30(31,32)33)11-12-27(26)36-15-13-22(14-16-36)17-21-7-4-3-5-8-21/h3-12,18-20,22H,13-17H2,1-2H3,(H,34,38)(H,35,37). The highest BCUT2D eigenvalue weighted by atomic mass is 19.4. The highest BCUT2D eigenvalue weighted by Crippen LogP contribution is 2.32. The van der Waals surface area contributed by atoms with Crippen LogP contribution < -0.4 is 15.5 Å². The van der Waals surface area contributed by atoms with Gasteiger partial charge in [0.2, 0.25) is 0 Å². The second kappa shape index (κ2) is 11.7. The highest BCUT2D eigenvalue weighted by Gasteiger charge is 2.31. The van der Waals surface area contributed by atoms with Gasteiger partial charge in [-0.15, -0.1) is 0 Å². The number of benzene rings is 3. The Bertz CT molecular complexity index is 1270. The normalized spacial score (nSPS) is 14.4. The van der Waals surface area contributed by atoms with Crippen LogP contribution in [-0.4, -0.2) is 30.9 Å². The lowest BCUT2D eigenvalue weighted by molar-refractivity contribution is -0.137. The monoisotopic (exact) mass is 523 g/mol. The molecule has 1 aliphatic rings. The van der Waals surface area contributed by atoms with Gasteiger partial charge in [0.15, 0.2) is 0 Å². The number of carbonyl (C=O) groups excluding carboxylic acids is 2. The van der Waals surface area contributed by atoms with Crippen LogP contribution in [0.25, 0.3) is 0 Å². The molecule has 0 radical (unpaired) electrons. The Labute approximate surface area is 221 Å². The summed E-state index contributed by atoms with van der Waals surface area (Å²) < 4.78 is 39.2. The first-order valence-electron chi connectivity index (χ1n) is 12.8. The average Bonchev–Trinajstić information content (AvgIpc) is 2.89. The molecule has 1 fully saturated rings. The third-order valence-corrected chi connectivity index (χ3v) is 6.69. The van der Waals surface area contributed by atoms with Crippen molar-refractivity contribution >= 4 is 23.2 Å². The first-order valence-corrected chi connectivity index (χ1v) is 12.8. The highest BCUT2D eigenvalue weighted by molar-refractivity contribution is 6.06. The lowest BCUT2D eigenvalue weighted by Crippen LogP contribution is -2.37. The minimum Gasteiger partial charge on any atom is -0.371 e. The van der Waals surface area contributed by atoms with Crippen molar-refractivity contribution in [2.24, 2.45) is 5.92 Å². The van der Waals surface area contributed by atoms with Crippen molar-refractivity contribution in [1.82, 2.24) is 5.32 Å². The predicted octanol–water partition coefficient (Wildman–Crippen LogP) is 6.56. The number of nitrogens with one attached hydrogen (secondary N) is 2. The van der Waals surface area contributed by atoms with Gasteiger partial charge < -0.3 is 15.5 Å². The fraction of sp³-hybridized carbons (Fsp3) is 0.333. The third kappa shape index (κ3) is 6.94. The van der Waals surface area contributed by atoms with E-state index in [1.165, 1.54) is 17.7 Å². The summed E-state index contributed by atoms with van der Waals surface area (Å²) in [4.78, 5) is 28.0. The zero-order valence-corrected chi connectivity index (χ0v) is 21.5. The fourth-order valence-corrected chi connectivity index (χ4v) is 4.78. The topological polar surface area (TPSA) is 61.4 Å². The van der Waals surface area contributed by atoms with E-state index in [1.54, 1.807) is 18.2 Å². The minimum absolute atomic E-state index is 0.0877. The van der Waals surface area contributed by atoms with Crippen molar-refractivity contribution in [2.75, 3.05) is 23.3 Å².